The maximum absolute atomic E-state index is 12.3. The van der Waals surface area contributed by atoms with E-state index in [1.165, 1.54) is 6.92 Å². The zero-order chi connectivity index (χ0) is 22.8. The Balaban J connectivity index is 1.47. The van der Waals surface area contributed by atoms with Crippen molar-refractivity contribution in [3.63, 3.8) is 0 Å². The number of nitrogens with one attached hydrogen (secondary N) is 2. The zero-order valence-corrected chi connectivity index (χ0v) is 17.8. The quantitative estimate of drug-likeness (QED) is 0.326. The molecule has 4 rings (SSSR count). The number of fused-ring (bicyclic) bond motifs is 1. The van der Waals surface area contributed by atoms with Gasteiger partial charge >= 0.3 is 5.97 Å². The van der Waals surface area contributed by atoms with Gasteiger partial charge in [-0.25, -0.2) is 14.8 Å². The van der Waals surface area contributed by atoms with E-state index in [1.807, 2.05) is 24.3 Å². The molecule has 0 saturated heterocycles. The lowest BCUT2D eigenvalue weighted by Crippen LogP contribution is -2.33. The molecule has 4 N–H and O–H groups in total. The third kappa shape index (κ3) is 4.40. The highest BCUT2D eigenvalue weighted by Gasteiger charge is 2.20. The summed E-state index contributed by atoms with van der Waals surface area (Å²) in [6.07, 6.45) is 0.189. The summed E-state index contributed by atoms with van der Waals surface area (Å²) in [4.78, 5) is 36.0. The fraction of sp³-hybridized carbons (Fsp3) is 0.200. The summed E-state index contributed by atoms with van der Waals surface area (Å²) >= 11 is 0.825. The van der Waals surface area contributed by atoms with Gasteiger partial charge in [0.25, 0.3) is 5.91 Å². The lowest BCUT2D eigenvalue weighted by atomic mass is 10.1. The van der Waals surface area contributed by atoms with Crippen molar-refractivity contribution in [3.05, 3.63) is 46.9 Å². The number of carbonyl (C=O) groups excluding carboxylic acids is 1. The summed E-state index contributed by atoms with van der Waals surface area (Å²) in [6, 6.07) is 7.42. The molecule has 0 radical (unpaired) electrons. The van der Waals surface area contributed by atoms with E-state index in [9.17, 15) is 14.7 Å². The van der Waals surface area contributed by atoms with Gasteiger partial charge in [-0.15, -0.1) is 0 Å². The molecule has 4 aromatic rings. The second-order valence-electron chi connectivity index (χ2n) is 6.86. The Labute approximate surface area is 185 Å². The summed E-state index contributed by atoms with van der Waals surface area (Å²) in [6.45, 7) is 3.11. The van der Waals surface area contributed by atoms with E-state index in [1.54, 1.807) is 13.1 Å². The highest BCUT2D eigenvalue weighted by atomic mass is 32.1. The van der Waals surface area contributed by atoms with Crippen LogP contribution in [-0.4, -0.2) is 54.8 Å². The summed E-state index contributed by atoms with van der Waals surface area (Å²) < 4.78 is 5.03. The van der Waals surface area contributed by atoms with Gasteiger partial charge in [-0.3, -0.25) is 10.1 Å². The number of hydrogen-bond donors (Lipinski definition) is 4. The number of thiazole rings is 1. The Morgan fingerprint density at radius 2 is 2.03 bits per heavy atom. The fourth-order valence-electron chi connectivity index (χ4n) is 2.99. The number of aliphatic hydroxyl groups is 1. The van der Waals surface area contributed by atoms with Crippen LogP contribution in [0.15, 0.2) is 35.0 Å². The number of pyridine rings is 1. The van der Waals surface area contributed by atoms with Gasteiger partial charge in [-0.2, -0.15) is 4.98 Å². The maximum Gasteiger partial charge on any atom is 0.347 e. The molecule has 0 saturated carbocycles. The Kier molecular flexibility index (Phi) is 5.79. The van der Waals surface area contributed by atoms with Gasteiger partial charge in [0, 0.05) is 24.1 Å². The van der Waals surface area contributed by atoms with Crippen LogP contribution in [0, 0.1) is 13.8 Å². The summed E-state index contributed by atoms with van der Waals surface area (Å²) in [5.74, 6) is -0.482. The molecule has 3 heterocycles. The molecule has 1 atom stereocenters. The average Bonchev–Trinajstić information content (AvgIpc) is 3.36. The Morgan fingerprint density at radius 3 is 2.72 bits per heavy atom. The molecule has 11 nitrogen and oxygen atoms in total. The van der Waals surface area contributed by atoms with Crippen molar-refractivity contribution in [1.82, 2.24) is 20.1 Å². The topological polar surface area (TPSA) is 163 Å². The lowest BCUT2D eigenvalue weighted by Gasteiger charge is -2.13. The van der Waals surface area contributed by atoms with E-state index in [-0.39, 0.29) is 22.2 Å². The van der Waals surface area contributed by atoms with Crippen molar-refractivity contribution in [2.45, 2.75) is 20.0 Å². The first-order valence-corrected chi connectivity index (χ1v) is 10.3. The number of rotatable bonds is 7. The van der Waals surface area contributed by atoms with Crippen molar-refractivity contribution < 1.29 is 24.3 Å². The van der Waals surface area contributed by atoms with Gasteiger partial charge in [0.2, 0.25) is 11.7 Å². The Morgan fingerprint density at radius 1 is 1.22 bits per heavy atom. The molecule has 0 spiro atoms. The molecule has 32 heavy (non-hydrogen) atoms. The number of carboxylic acid groups (broad SMARTS) is 1. The van der Waals surface area contributed by atoms with E-state index >= 15 is 0 Å². The van der Waals surface area contributed by atoms with Crippen molar-refractivity contribution in [2.75, 3.05) is 17.2 Å². The third-order valence-electron chi connectivity index (χ3n) is 4.54. The molecular weight excluding hydrogens is 436 g/mol. The van der Waals surface area contributed by atoms with Crippen molar-refractivity contribution in [3.8, 4) is 11.4 Å². The molecule has 0 aliphatic carbocycles. The number of nitrogens with zero attached hydrogens (tertiary/aromatic N) is 4. The van der Waals surface area contributed by atoms with Crippen LogP contribution in [0.4, 0.5) is 10.9 Å². The predicted molar refractivity (Wildman–Crippen MR) is 117 cm³/mol. The molecule has 0 fully saturated rings. The van der Waals surface area contributed by atoms with Gasteiger partial charge in [0.1, 0.15) is 16.8 Å². The number of amides is 1. The molecule has 0 bridgehead atoms. The standard InChI is InChI=1S/C20H18N6O5S/c1-9-15(19(29)30)32-20(23-9)25-18(28)14(27)8-22-17-13-7-12(16-24-10(2)31-26-16)4-3-11(13)5-6-21-17/h3-7,14,27H,8H2,1-2H3,(H,21,22)(H,29,30)(H,23,25,28). The number of carbonyl (C=O) groups is 2. The maximum atomic E-state index is 12.3. The predicted octanol–water partition coefficient (Wildman–Crippen LogP) is 2.47. The van der Waals surface area contributed by atoms with Crippen LogP contribution in [0.5, 0.6) is 0 Å². The van der Waals surface area contributed by atoms with E-state index in [0.717, 1.165) is 27.7 Å². The van der Waals surface area contributed by atoms with Crippen LogP contribution in [-0.2, 0) is 4.79 Å². The number of carboxylic acids is 1. The molecule has 1 amide bonds. The lowest BCUT2D eigenvalue weighted by molar-refractivity contribution is -0.123. The first kappa shape index (κ1) is 21.3. The summed E-state index contributed by atoms with van der Waals surface area (Å²) in [7, 11) is 0. The summed E-state index contributed by atoms with van der Waals surface area (Å²) in [5, 5.41) is 30.4. The summed E-state index contributed by atoms with van der Waals surface area (Å²) in [5.41, 5.74) is 1.02. The third-order valence-corrected chi connectivity index (χ3v) is 5.60. The number of hydrogen-bond acceptors (Lipinski definition) is 10. The highest BCUT2D eigenvalue weighted by molar-refractivity contribution is 7.17. The van der Waals surface area contributed by atoms with Crippen molar-refractivity contribution in [1.29, 1.82) is 0 Å². The molecule has 1 aromatic carbocycles. The minimum atomic E-state index is -1.42. The average molecular weight is 454 g/mol. The van der Waals surface area contributed by atoms with Crippen LogP contribution < -0.4 is 10.6 Å². The molecule has 164 valence electrons. The van der Waals surface area contributed by atoms with Crippen LogP contribution in [0.25, 0.3) is 22.2 Å². The minimum Gasteiger partial charge on any atom is -0.477 e. The molecule has 12 heteroatoms. The largest absolute Gasteiger partial charge is 0.477 e. The van der Waals surface area contributed by atoms with Crippen LogP contribution in [0.2, 0.25) is 0 Å². The first-order valence-electron chi connectivity index (χ1n) is 9.45. The van der Waals surface area contributed by atoms with E-state index in [2.05, 4.69) is 30.7 Å². The monoisotopic (exact) mass is 454 g/mol. The first-order chi connectivity index (χ1) is 15.3. The second-order valence-corrected chi connectivity index (χ2v) is 7.86. The van der Waals surface area contributed by atoms with E-state index in [4.69, 9.17) is 9.63 Å². The smallest absolute Gasteiger partial charge is 0.347 e. The van der Waals surface area contributed by atoms with E-state index < -0.39 is 18.0 Å². The molecule has 0 aliphatic heterocycles. The number of aliphatic hydroxyl groups excluding tert-OH is 1. The van der Waals surface area contributed by atoms with Gasteiger partial charge in [-0.05, 0) is 24.4 Å². The van der Waals surface area contributed by atoms with Crippen molar-refractivity contribution >= 4 is 44.9 Å². The SMILES string of the molecule is Cc1nc(-c2ccc3ccnc(NCC(O)C(=O)Nc4nc(C)c(C(=O)O)s4)c3c2)no1. The number of aromatic nitrogens is 4. The molecule has 1 unspecified atom stereocenters. The number of anilines is 2. The van der Waals surface area contributed by atoms with E-state index in [0.29, 0.717) is 17.5 Å². The molecule has 3 aromatic heterocycles. The van der Waals surface area contributed by atoms with Gasteiger partial charge in [0.15, 0.2) is 5.13 Å². The zero-order valence-electron chi connectivity index (χ0n) is 17.0. The Hall–Kier alpha value is -3.90. The highest BCUT2D eigenvalue weighted by Crippen LogP contribution is 2.27. The molecule has 0 aliphatic rings. The number of benzene rings is 1. The Bertz CT molecular complexity index is 1320. The number of aromatic carboxylic acids is 1. The van der Waals surface area contributed by atoms with Gasteiger partial charge in [-0.1, -0.05) is 28.6 Å². The van der Waals surface area contributed by atoms with Crippen molar-refractivity contribution in [2.24, 2.45) is 0 Å². The van der Waals surface area contributed by atoms with Crippen LogP contribution in [0.3, 0.4) is 0 Å². The number of aryl methyl sites for hydroxylation is 2. The molecular formula is C20H18N6O5S. The normalized spacial score (nSPS) is 12.0. The second kappa shape index (κ2) is 8.69. The van der Waals surface area contributed by atoms with Crippen LogP contribution >= 0.6 is 11.3 Å². The minimum absolute atomic E-state index is 0.0282. The van der Waals surface area contributed by atoms with Gasteiger partial charge in [0.05, 0.1) is 12.2 Å². The van der Waals surface area contributed by atoms with Gasteiger partial charge < -0.3 is 20.1 Å². The van der Waals surface area contributed by atoms with Crippen LogP contribution in [0.1, 0.15) is 21.3 Å². The fourth-order valence-corrected chi connectivity index (χ4v) is 3.80.